The van der Waals surface area contributed by atoms with E-state index in [0.29, 0.717) is 12.0 Å². The molecule has 1 aromatic heterocycles. The Morgan fingerprint density at radius 3 is 2.85 bits per heavy atom. The van der Waals surface area contributed by atoms with Crippen LogP contribution in [-0.4, -0.2) is 16.7 Å². The van der Waals surface area contributed by atoms with Crippen molar-refractivity contribution in [3.05, 3.63) is 23.8 Å². The van der Waals surface area contributed by atoms with Crippen molar-refractivity contribution in [1.82, 2.24) is 4.98 Å². The standard InChI is InChI=1S/C8H12FN3O/c9-8-7(11)3-5(4-12-8)6(10)1-2-13/h3-4,6,13H,1-2,10-11H2. The Hall–Kier alpha value is -1.20. The highest BCUT2D eigenvalue weighted by molar-refractivity contribution is 5.39. The van der Waals surface area contributed by atoms with Crippen molar-refractivity contribution in [2.75, 3.05) is 12.3 Å². The molecule has 0 radical (unpaired) electrons. The number of pyridine rings is 1. The molecule has 0 aliphatic heterocycles. The minimum absolute atomic E-state index is 0.0154. The van der Waals surface area contributed by atoms with Gasteiger partial charge in [-0.05, 0) is 18.1 Å². The lowest BCUT2D eigenvalue weighted by atomic mass is 10.1. The van der Waals surface area contributed by atoms with E-state index in [1.54, 1.807) is 0 Å². The molecular weight excluding hydrogens is 173 g/mol. The van der Waals surface area contributed by atoms with Crippen molar-refractivity contribution in [3.8, 4) is 0 Å². The Balaban J connectivity index is 2.84. The quantitative estimate of drug-likeness (QED) is 0.586. The number of nitrogen functional groups attached to an aromatic ring is 1. The summed E-state index contributed by atoms with van der Waals surface area (Å²) in [5.41, 5.74) is 11.6. The number of nitrogens with two attached hydrogens (primary N) is 2. The third kappa shape index (κ3) is 2.37. The number of aliphatic hydroxyl groups is 1. The molecule has 1 rings (SSSR count). The van der Waals surface area contributed by atoms with Gasteiger partial charge in [-0.15, -0.1) is 0 Å². The fraction of sp³-hybridized carbons (Fsp3) is 0.375. The average Bonchev–Trinajstić information content (AvgIpc) is 2.10. The highest BCUT2D eigenvalue weighted by Gasteiger charge is 2.08. The van der Waals surface area contributed by atoms with Crippen molar-refractivity contribution in [2.24, 2.45) is 5.73 Å². The zero-order chi connectivity index (χ0) is 9.84. The molecule has 1 aromatic rings. The summed E-state index contributed by atoms with van der Waals surface area (Å²) in [5, 5.41) is 8.62. The first-order valence-corrected chi connectivity index (χ1v) is 3.92. The molecule has 1 unspecified atom stereocenters. The number of halogens is 1. The highest BCUT2D eigenvalue weighted by Crippen LogP contribution is 2.16. The molecule has 1 atom stereocenters. The van der Waals surface area contributed by atoms with Gasteiger partial charge in [0.2, 0.25) is 5.95 Å². The number of hydrogen-bond donors (Lipinski definition) is 3. The van der Waals surface area contributed by atoms with Crippen molar-refractivity contribution < 1.29 is 9.50 Å². The first-order chi connectivity index (χ1) is 6.15. The van der Waals surface area contributed by atoms with E-state index in [4.69, 9.17) is 16.6 Å². The number of anilines is 1. The minimum Gasteiger partial charge on any atom is -0.396 e. The number of aliphatic hydroxyl groups excluding tert-OH is 1. The molecule has 0 fully saturated rings. The zero-order valence-corrected chi connectivity index (χ0v) is 7.07. The van der Waals surface area contributed by atoms with Crippen LogP contribution in [0.2, 0.25) is 0 Å². The van der Waals surface area contributed by atoms with Crippen LogP contribution in [0.25, 0.3) is 0 Å². The van der Waals surface area contributed by atoms with Gasteiger partial charge in [0.05, 0.1) is 5.69 Å². The molecule has 0 aliphatic rings. The van der Waals surface area contributed by atoms with Crippen LogP contribution >= 0.6 is 0 Å². The summed E-state index contributed by atoms with van der Waals surface area (Å²) in [5.74, 6) is -0.694. The molecule has 0 amide bonds. The number of hydrogen-bond acceptors (Lipinski definition) is 4. The molecular formula is C8H12FN3O. The van der Waals surface area contributed by atoms with E-state index in [-0.39, 0.29) is 18.3 Å². The van der Waals surface area contributed by atoms with E-state index in [9.17, 15) is 4.39 Å². The van der Waals surface area contributed by atoms with E-state index in [2.05, 4.69) is 4.98 Å². The zero-order valence-electron chi connectivity index (χ0n) is 7.07. The summed E-state index contributed by atoms with van der Waals surface area (Å²) >= 11 is 0. The van der Waals surface area contributed by atoms with E-state index in [1.165, 1.54) is 12.3 Å². The molecule has 4 nitrogen and oxygen atoms in total. The molecule has 72 valence electrons. The summed E-state index contributed by atoms with van der Waals surface area (Å²) in [6, 6.07) is 1.09. The Morgan fingerprint density at radius 2 is 2.31 bits per heavy atom. The molecule has 0 saturated heterocycles. The van der Waals surface area contributed by atoms with Gasteiger partial charge in [-0.25, -0.2) is 4.98 Å². The molecule has 0 aliphatic carbocycles. The Morgan fingerprint density at radius 1 is 1.62 bits per heavy atom. The van der Waals surface area contributed by atoms with E-state index in [1.807, 2.05) is 0 Å². The van der Waals surface area contributed by atoms with Gasteiger partial charge < -0.3 is 16.6 Å². The third-order valence-corrected chi connectivity index (χ3v) is 1.76. The van der Waals surface area contributed by atoms with Crippen LogP contribution in [0.5, 0.6) is 0 Å². The molecule has 0 saturated carbocycles. The van der Waals surface area contributed by atoms with Gasteiger partial charge in [-0.1, -0.05) is 0 Å². The van der Waals surface area contributed by atoms with Gasteiger partial charge in [0, 0.05) is 18.8 Å². The van der Waals surface area contributed by atoms with Gasteiger partial charge in [-0.3, -0.25) is 0 Å². The molecule has 13 heavy (non-hydrogen) atoms. The lowest BCUT2D eigenvalue weighted by Gasteiger charge is -2.10. The predicted molar refractivity (Wildman–Crippen MR) is 47.2 cm³/mol. The van der Waals surface area contributed by atoms with Crippen LogP contribution in [-0.2, 0) is 0 Å². The minimum atomic E-state index is -0.694. The molecule has 0 spiro atoms. The van der Waals surface area contributed by atoms with E-state index < -0.39 is 5.95 Å². The Bertz CT molecular complexity index is 293. The second-order valence-electron chi connectivity index (χ2n) is 2.77. The largest absolute Gasteiger partial charge is 0.396 e. The summed E-state index contributed by atoms with van der Waals surface area (Å²) in [6.45, 7) is -0.0154. The SMILES string of the molecule is Nc1cc(C(N)CCO)cnc1F. The van der Waals surface area contributed by atoms with Gasteiger partial charge in [-0.2, -0.15) is 4.39 Å². The summed E-state index contributed by atoms with van der Waals surface area (Å²) < 4.78 is 12.6. The molecule has 5 heteroatoms. The summed E-state index contributed by atoms with van der Waals surface area (Å²) in [7, 11) is 0. The molecule has 5 N–H and O–H groups in total. The molecule has 1 heterocycles. The van der Waals surface area contributed by atoms with Crippen molar-refractivity contribution >= 4 is 5.69 Å². The van der Waals surface area contributed by atoms with Gasteiger partial charge >= 0.3 is 0 Å². The van der Waals surface area contributed by atoms with Crippen molar-refractivity contribution in [1.29, 1.82) is 0 Å². The fourth-order valence-corrected chi connectivity index (χ4v) is 0.991. The van der Waals surface area contributed by atoms with Crippen LogP contribution in [0, 0.1) is 5.95 Å². The van der Waals surface area contributed by atoms with Gasteiger partial charge in [0.1, 0.15) is 0 Å². The molecule has 0 bridgehead atoms. The monoisotopic (exact) mass is 185 g/mol. The topological polar surface area (TPSA) is 85.2 Å². The Labute approximate surface area is 75.4 Å². The van der Waals surface area contributed by atoms with Crippen LogP contribution in [0.1, 0.15) is 18.0 Å². The first kappa shape index (κ1) is 9.88. The third-order valence-electron chi connectivity index (χ3n) is 1.76. The average molecular weight is 185 g/mol. The Kier molecular flexibility index (Phi) is 3.16. The lowest BCUT2D eigenvalue weighted by molar-refractivity contribution is 0.276. The van der Waals surface area contributed by atoms with Crippen LogP contribution < -0.4 is 11.5 Å². The lowest BCUT2D eigenvalue weighted by Crippen LogP contribution is -2.13. The maximum absolute atomic E-state index is 12.6. The summed E-state index contributed by atoms with van der Waals surface area (Å²) in [4.78, 5) is 3.43. The van der Waals surface area contributed by atoms with Crippen molar-refractivity contribution in [2.45, 2.75) is 12.5 Å². The number of aromatic nitrogens is 1. The van der Waals surface area contributed by atoms with Crippen LogP contribution in [0.15, 0.2) is 12.3 Å². The maximum atomic E-state index is 12.6. The van der Waals surface area contributed by atoms with Crippen LogP contribution in [0.4, 0.5) is 10.1 Å². The van der Waals surface area contributed by atoms with Crippen LogP contribution in [0.3, 0.4) is 0 Å². The first-order valence-electron chi connectivity index (χ1n) is 3.92. The highest BCUT2D eigenvalue weighted by atomic mass is 19.1. The smallest absolute Gasteiger partial charge is 0.236 e. The molecule has 0 aromatic carbocycles. The second kappa shape index (κ2) is 4.15. The van der Waals surface area contributed by atoms with E-state index >= 15 is 0 Å². The normalized spacial score (nSPS) is 12.8. The van der Waals surface area contributed by atoms with Gasteiger partial charge in [0.15, 0.2) is 0 Å². The van der Waals surface area contributed by atoms with Crippen molar-refractivity contribution in [3.63, 3.8) is 0 Å². The number of rotatable bonds is 3. The predicted octanol–water partition coefficient (Wildman–Crippen LogP) is 0.185. The summed E-state index contributed by atoms with van der Waals surface area (Å²) in [6.07, 6.45) is 1.73. The van der Waals surface area contributed by atoms with E-state index in [0.717, 1.165) is 0 Å². The fourth-order valence-electron chi connectivity index (χ4n) is 0.991. The number of nitrogens with zero attached hydrogens (tertiary/aromatic N) is 1. The van der Waals surface area contributed by atoms with Gasteiger partial charge in [0.25, 0.3) is 0 Å². The maximum Gasteiger partial charge on any atom is 0.236 e. The second-order valence-corrected chi connectivity index (χ2v) is 2.77.